The number of benzene rings is 1. The number of carbonyl (C=O) groups is 1. The molecule has 0 spiro atoms. The Balaban J connectivity index is 1.95. The second kappa shape index (κ2) is 7.17. The van der Waals surface area contributed by atoms with Crippen LogP contribution in [0.5, 0.6) is 11.6 Å². The van der Waals surface area contributed by atoms with Crippen molar-refractivity contribution in [3.8, 4) is 11.6 Å². The molecule has 27 heavy (non-hydrogen) atoms. The van der Waals surface area contributed by atoms with Crippen molar-refractivity contribution in [3.05, 3.63) is 64.8 Å². The molecule has 0 aliphatic heterocycles. The first-order chi connectivity index (χ1) is 12.7. The van der Waals surface area contributed by atoms with E-state index in [4.69, 9.17) is 27.9 Å². The van der Waals surface area contributed by atoms with Crippen LogP contribution in [0.1, 0.15) is 32.4 Å². The average Bonchev–Trinajstić information content (AvgIpc) is 3.10. The minimum absolute atomic E-state index is 0.0810. The third kappa shape index (κ3) is 3.32. The molecule has 0 amide bonds. The summed E-state index contributed by atoms with van der Waals surface area (Å²) in [7, 11) is 0. The Morgan fingerprint density at radius 3 is 2.44 bits per heavy atom. The lowest BCUT2D eigenvalue weighted by atomic mass is 9.81. The van der Waals surface area contributed by atoms with Crippen molar-refractivity contribution in [3.63, 3.8) is 0 Å². The smallest absolute Gasteiger partial charge is 0.311 e. The number of nitrogens with zero attached hydrogens (tertiary/aromatic N) is 1. The average molecular weight is 406 g/mol. The number of hydrogen-bond donors (Lipinski definition) is 1. The van der Waals surface area contributed by atoms with Gasteiger partial charge in [0.1, 0.15) is 10.2 Å². The summed E-state index contributed by atoms with van der Waals surface area (Å²) in [6.07, 6.45) is 1.62. The number of para-hydroxylation sites is 1. The lowest BCUT2D eigenvalue weighted by molar-refractivity contribution is -0.146. The van der Waals surface area contributed by atoms with Crippen LogP contribution in [-0.4, -0.2) is 16.1 Å². The zero-order valence-electron chi connectivity index (χ0n) is 15.3. The number of rotatable bonds is 6. The highest BCUT2D eigenvalue weighted by Crippen LogP contribution is 2.75. The maximum atomic E-state index is 12.3. The van der Waals surface area contributed by atoms with E-state index in [1.54, 1.807) is 12.1 Å². The molecule has 2 aromatic rings. The molecule has 1 fully saturated rings. The number of aliphatic carboxylic acids is 1. The molecule has 0 radical (unpaired) electrons. The second-order valence-corrected chi connectivity index (χ2v) is 8.38. The number of ether oxygens (including phenoxy) is 1. The van der Waals surface area contributed by atoms with E-state index in [1.165, 1.54) is 0 Å². The highest BCUT2D eigenvalue weighted by Gasteiger charge is 2.77. The molecule has 142 valence electrons. The monoisotopic (exact) mass is 405 g/mol. The van der Waals surface area contributed by atoms with Gasteiger partial charge < -0.3 is 9.84 Å². The lowest BCUT2D eigenvalue weighted by Crippen LogP contribution is -2.28. The molecule has 1 aromatic heterocycles. The van der Waals surface area contributed by atoms with Crippen LogP contribution < -0.4 is 4.74 Å². The van der Waals surface area contributed by atoms with Gasteiger partial charge in [-0.2, -0.15) is 0 Å². The summed E-state index contributed by atoms with van der Waals surface area (Å²) in [5.41, 5.74) is -0.897. The van der Waals surface area contributed by atoms with Crippen molar-refractivity contribution in [1.29, 1.82) is 0 Å². The largest absolute Gasteiger partial charge is 0.481 e. The van der Waals surface area contributed by atoms with Gasteiger partial charge in [-0.1, -0.05) is 68.2 Å². The molecule has 3 unspecified atom stereocenters. The van der Waals surface area contributed by atoms with E-state index in [9.17, 15) is 9.90 Å². The molecular formula is C21H21Cl2NO3. The predicted molar refractivity (Wildman–Crippen MR) is 106 cm³/mol. The highest BCUT2D eigenvalue weighted by molar-refractivity contribution is 6.55. The number of allylic oxidation sites excluding steroid dienone is 1. The molecule has 6 heteroatoms. The summed E-state index contributed by atoms with van der Waals surface area (Å²) in [5.74, 6) is -0.440. The van der Waals surface area contributed by atoms with Gasteiger partial charge in [0.15, 0.2) is 0 Å². The number of pyridine rings is 1. The Morgan fingerprint density at radius 2 is 1.85 bits per heavy atom. The van der Waals surface area contributed by atoms with Crippen LogP contribution >= 0.6 is 23.2 Å². The number of carboxylic acid groups (broad SMARTS) is 1. The van der Waals surface area contributed by atoms with Crippen LogP contribution in [0.25, 0.3) is 0 Å². The van der Waals surface area contributed by atoms with E-state index in [0.29, 0.717) is 17.3 Å². The molecular weight excluding hydrogens is 385 g/mol. The molecule has 3 rings (SSSR count). The fourth-order valence-corrected chi connectivity index (χ4v) is 4.55. The molecule has 0 bridgehead atoms. The molecule has 0 saturated heterocycles. The van der Waals surface area contributed by atoms with Crippen LogP contribution in [0.4, 0.5) is 0 Å². The summed E-state index contributed by atoms with van der Waals surface area (Å²) in [6.45, 7) is 5.71. The molecule has 3 atom stereocenters. The molecule has 1 heterocycles. The Kier molecular flexibility index (Phi) is 5.24. The van der Waals surface area contributed by atoms with Gasteiger partial charge in [-0.3, -0.25) is 4.79 Å². The second-order valence-electron chi connectivity index (χ2n) is 7.37. The number of aromatic nitrogens is 1. The Hall–Kier alpha value is -2.04. The molecule has 1 aliphatic carbocycles. The fourth-order valence-electron chi connectivity index (χ4n) is 4.30. The predicted octanol–water partition coefficient (Wildman–Crippen LogP) is 6.02. The van der Waals surface area contributed by atoms with E-state index in [1.807, 2.05) is 63.2 Å². The number of hydrogen-bond acceptors (Lipinski definition) is 3. The Bertz CT molecular complexity index is 878. The van der Waals surface area contributed by atoms with Crippen LogP contribution in [0, 0.1) is 16.7 Å². The van der Waals surface area contributed by atoms with Gasteiger partial charge in [0.25, 0.3) is 0 Å². The van der Waals surface area contributed by atoms with E-state index in [0.717, 1.165) is 0 Å². The van der Waals surface area contributed by atoms with Crippen molar-refractivity contribution in [1.82, 2.24) is 4.98 Å². The molecule has 1 saturated carbocycles. The van der Waals surface area contributed by atoms with Gasteiger partial charge in [0, 0.05) is 23.6 Å². The molecule has 1 aromatic carbocycles. The van der Waals surface area contributed by atoms with Gasteiger partial charge in [-0.05, 0) is 29.7 Å². The molecule has 4 nitrogen and oxygen atoms in total. The third-order valence-electron chi connectivity index (χ3n) is 5.73. The van der Waals surface area contributed by atoms with Crippen molar-refractivity contribution in [2.45, 2.75) is 26.7 Å². The summed E-state index contributed by atoms with van der Waals surface area (Å²) in [6, 6.07) is 14.7. The van der Waals surface area contributed by atoms with Crippen molar-refractivity contribution < 1.29 is 14.6 Å². The number of halogens is 2. The molecule has 1 aliphatic rings. The highest BCUT2D eigenvalue weighted by atomic mass is 35.5. The van der Waals surface area contributed by atoms with E-state index in [-0.39, 0.29) is 16.3 Å². The standard InChI is InChI=1S/C21H21Cl2NO3/c1-13(21(19(25)26)16(12-17(22)23)20(21,2)3)15-10-7-11-18(24-15)27-14-8-5-4-6-9-14/h4-13,16H,1-3H3,(H,25,26). The van der Waals surface area contributed by atoms with Gasteiger partial charge in [0.2, 0.25) is 5.88 Å². The van der Waals surface area contributed by atoms with Crippen molar-refractivity contribution >= 4 is 29.2 Å². The van der Waals surface area contributed by atoms with Crippen LogP contribution in [0.15, 0.2) is 59.1 Å². The summed E-state index contributed by atoms with van der Waals surface area (Å²) in [5, 5.41) is 10.1. The summed E-state index contributed by atoms with van der Waals surface area (Å²) in [4.78, 5) is 16.9. The van der Waals surface area contributed by atoms with Crippen molar-refractivity contribution in [2.75, 3.05) is 0 Å². The minimum Gasteiger partial charge on any atom is -0.481 e. The van der Waals surface area contributed by atoms with Crippen LogP contribution in [-0.2, 0) is 4.79 Å². The van der Waals surface area contributed by atoms with Crippen LogP contribution in [0.3, 0.4) is 0 Å². The maximum Gasteiger partial charge on any atom is 0.311 e. The van der Waals surface area contributed by atoms with E-state index >= 15 is 0 Å². The van der Waals surface area contributed by atoms with Gasteiger partial charge >= 0.3 is 5.97 Å². The Labute approximate surface area is 168 Å². The summed E-state index contributed by atoms with van der Waals surface area (Å²) >= 11 is 11.7. The van der Waals surface area contributed by atoms with Crippen LogP contribution in [0.2, 0.25) is 0 Å². The van der Waals surface area contributed by atoms with Crippen molar-refractivity contribution in [2.24, 2.45) is 16.7 Å². The minimum atomic E-state index is -1.04. The Morgan fingerprint density at radius 1 is 1.19 bits per heavy atom. The first kappa shape index (κ1) is 19.7. The van der Waals surface area contributed by atoms with Gasteiger partial charge in [0.05, 0.1) is 5.41 Å². The first-order valence-corrected chi connectivity index (χ1v) is 9.43. The SMILES string of the molecule is CC(c1cccc(Oc2ccccc2)n1)C1(C(=O)O)C(C=C(Cl)Cl)C1(C)C. The third-order valence-corrected chi connectivity index (χ3v) is 5.99. The molecule has 1 N–H and O–H groups in total. The fraction of sp³-hybridized carbons (Fsp3) is 0.333. The first-order valence-electron chi connectivity index (χ1n) is 8.67. The van der Waals surface area contributed by atoms with E-state index in [2.05, 4.69) is 4.98 Å². The zero-order chi connectivity index (χ0) is 19.8. The van der Waals surface area contributed by atoms with E-state index < -0.39 is 16.8 Å². The number of carboxylic acids is 1. The normalized spacial score (nSPS) is 24.0. The zero-order valence-corrected chi connectivity index (χ0v) is 16.8. The topological polar surface area (TPSA) is 59.4 Å². The maximum absolute atomic E-state index is 12.3. The summed E-state index contributed by atoms with van der Waals surface area (Å²) < 4.78 is 5.87. The van der Waals surface area contributed by atoms with Gasteiger partial charge in [-0.25, -0.2) is 4.98 Å². The quantitative estimate of drug-likeness (QED) is 0.637. The lowest BCUT2D eigenvalue weighted by Gasteiger charge is -2.23. The van der Waals surface area contributed by atoms with Gasteiger partial charge in [-0.15, -0.1) is 0 Å².